The number of hydrogen-bond donors (Lipinski definition) is 1. The molecule has 20 heavy (non-hydrogen) atoms. The topological polar surface area (TPSA) is 77.2 Å². The van der Waals surface area contributed by atoms with Crippen LogP contribution in [0.1, 0.15) is 39.0 Å². The third-order valence-corrected chi connectivity index (χ3v) is 4.18. The Morgan fingerprint density at radius 1 is 1.60 bits per heavy atom. The van der Waals surface area contributed by atoms with Crippen molar-refractivity contribution >= 4 is 17.7 Å². The van der Waals surface area contributed by atoms with Gasteiger partial charge in [-0.3, -0.25) is 10.1 Å². The Labute approximate surface area is 123 Å². The van der Waals surface area contributed by atoms with Crippen molar-refractivity contribution in [2.45, 2.75) is 62.1 Å². The van der Waals surface area contributed by atoms with E-state index in [1.54, 1.807) is 6.92 Å². The molecule has 2 rings (SSSR count). The van der Waals surface area contributed by atoms with Crippen LogP contribution < -0.4 is 5.32 Å². The number of esters is 1. The fourth-order valence-corrected chi connectivity index (χ4v) is 3.24. The second kappa shape index (κ2) is 6.13. The predicted molar refractivity (Wildman–Crippen MR) is 75.5 cm³/mol. The van der Waals surface area contributed by atoms with Crippen LogP contribution in [0.2, 0.25) is 0 Å². The summed E-state index contributed by atoms with van der Waals surface area (Å²) in [7, 11) is 1.42. The normalized spacial score (nSPS) is 19.4. The molecule has 1 aromatic rings. The first kappa shape index (κ1) is 15.3. The third kappa shape index (κ3) is 3.96. The van der Waals surface area contributed by atoms with Gasteiger partial charge in [0.2, 0.25) is 5.89 Å². The quantitative estimate of drug-likeness (QED) is 0.609. The molecule has 0 amide bonds. The van der Waals surface area contributed by atoms with E-state index < -0.39 is 5.54 Å². The molecule has 1 aromatic heterocycles. The van der Waals surface area contributed by atoms with Crippen LogP contribution in [-0.4, -0.2) is 40.1 Å². The molecule has 0 aliphatic heterocycles. The highest BCUT2D eigenvalue weighted by atomic mass is 32.2. The summed E-state index contributed by atoms with van der Waals surface area (Å²) in [5, 5.41) is 11.8. The number of thioether (sulfide) groups is 1. The van der Waals surface area contributed by atoms with E-state index >= 15 is 0 Å². The van der Waals surface area contributed by atoms with E-state index in [4.69, 9.17) is 9.15 Å². The number of nitrogens with one attached hydrogen (secondary N) is 1. The minimum Gasteiger partial charge on any atom is -0.468 e. The summed E-state index contributed by atoms with van der Waals surface area (Å²) >= 11 is 1.48. The maximum Gasteiger partial charge on any atom is 0.325 e. The first-order valence-corrected chi connectivity index (χ1v) is 7.64. The van der Waals surface area contributed by atoms with E-state index in [0.717, 1.165) is 12.8 Å². The lowest BCUT2D eigenvalue weighted by molar-refractivity contribution is -0.148. The van der Waals surface area contributed by atoms with Gasteiger partial charge in [-0.25, -0.2) is 0 Å². The molecule has 0 aromatic carbocycles. The lowest BCUT2D eigenvalue weighted by Crippen LogP contribution is -2.52. The molecule has 0 spiro atoms. The molecule has 1 fully saturated rings. The highest BCUT2D eigenvalue weighted by Crippen LogP contribution is 2.31. The zero-order valence-corrected chi connectivity index (χ0v) is 13.1. The van der Waals surface area contributed by atoms with E-state index in [2.05, 4.69) is 15.5 Å². The van der Waals surface area contributed by atoms with Gasteiger partial charge in [-0.2, -0.15) is 0 Å². The van der Waals surface area contributed by atoms with Crippen molar-refractivity contribution in [2.24, 2.45) is 0 Å². The number of aromatic nitrogens is 2. The third-order valence-electron chi connectivity index (χ3n) is 3.24. The fraction of sp³-hybridized carbons (Fsp3) is 0.769. The van der Waals surface area contributed by atoms with Crippen LogP contribution in [0.5, 0.6) is 0 Å². The lowest BCUT2D eigenvalue weighted by Gasteiger charge is -2.30. The van der Waals surface area contributed by atoms with Crippen LogP contribution in [0.25, 0.3) is 0 Å². The highest BCUT2D eigenvalue weighted by Gasteiger charge is 2.40. The van der Waals surface area contributed by atoms with E-state index in [-0.39, 0.29) is 11.2 Å². The average molecular weight is 299 g/mol. The second-order valence-corrected chi connectivity index (χ2v) is 6.85. The Morgan fingerprint density at radius 3 is 2.80 bits per heavy atom. The van der Waals surface area contributed by atoms with Crippen LogP contribution in [0, 0.1) is 6.92 Å². The highest BCUT2D eigenvalue weighted by molar-refractivity contribution is 7.99. The number of rotatable bonds is 7. The Hall–Kier alpha value is -1.08. The van der Waals surface area contributed by atoms with Crippen molar-refractivity contribution in [1.82, 2.24) is 15.5 Å². The zero-order chi connectivity index (χ0) is 14.8. The van der Waals surface area contributed by atoms with Crippen molar-refractivity contribution in [3.05, 3.63) is 5.89 Å². The largest absolute Gasteiger partial charge is 0.468 e. The number of carbonyl (C=O) groups excluding carboxylic acids is 1. The summed E-state index contributed by atoms with van der Waals surface area (Å²) in [6, 6.07) is 0.432. The van der Waals surface area contributed by atoms with Crippen LogP contribution in [-0.2, 0) is 9.53 Å². The van der Waals surface area contributed by atoms with Crippen LogP contribution in [0.4, 0.5) is 0 Å². The maximum absolute atomic E-state index is 12.0. The van der Waals surface area contributed by atoms with Crippen LogP contribution in [0.3, 0.4) is 0 Å². The molecule has 1 N–H and O–H groups in total. The van der Waals surface area contributed by atoms with Crippen molar-refractivity contribution in [1.29, 1.82) is 0 Å². The molecular formula is C13H21N3O3S. The maximum atomic E-state index is 12.0. The Bertz CT molecular complexity index is 475. The molecule has 112 valence electrons. The zero-order valence-electron chi connectivity index (χ0n) is 12.3. The van der Waals surface area contributed by atoms with Gasteiger partial charge < -0.3 is 9.15 Å². The van der Waals surface area contributed by atoms with Gasteiger partial charge in [-0.15, -0.1) is 10.2 Å². The Balaban J connectivity index is 1.97. The molecule has 0 radical (unpaired) electrons. The summed E-state index contributed by atoms with van der Waals surface area (Å²) in [5.74, 6) is 0.324. The molecule has 7 heteroatoms. The van der Waals surface area contributed by atoms with E-state index in [9.17, 15) is 4.79 Å². The minimum absolute atomic E-state index is 0.158. The summed E-state index contributed by atoms with van der Waals surface area (Å²) in [5.41, 5.74) is -0.669. The molecule has 1 heterocycles. The summed E-state index contributed by atoms with van der Waals surface area (Å²) in [4.78, 5) is 12.0. The van der Waals surface area contributed by atoms with Gasteiger partial charge in [-0.05, 0) is 26.2 Å². The average Bonchev–Trinajstić information content (AvgIpc) is 3.09. The summed E-state index contributed by atoms with van der Waals surface area (Å²) in [6.45, 7) is 5.70. The van der Waals surface area contributed by atoms with Crippen molar-refractivity contribution in [2.75, 3.05) is 7.11 Å². The van der Waals surface area contributed by atoms with Gasteiger partial charge >= 0.3 is 5.97 Å². The molecular weight excluding hydrogens is 278 g/mol. The molecule has 1 aliphatic carbocycles. The smallest absolute Gasteiger partial charge is 0.325 e. The number of carbonyl (C=O) groups is 1. The van der Waals surface area contributed by atoms with Crippen LogP contribution >= 0.6 is 11.8 Å². The number of nitrogens with zero attached hydrogens (tertiary/aromatic N) is 2. The fourth-order valence-electron chi connectivity index (χ4n) is 2.22. The second-order valence-electron chi connectivity index (χ2n) is 5.46. The van der Waals surface area contributed by atoms with Gasteiger partial charge in [0.25, 0.3) is 5.22 Å². The summed E-state index contributed by atoms with van der Waals surface area (Å²) < 4.78 is 10.3. The van der Waals surface area contributed by atoms with E-state index in [1.807, 2.05) is 13.8 Å². The van der Waals surface area contributed by atoms with Crippen LogP contribution in [0.15, 0.2) is 9.64 Å². The number of ether oxygens (including phenoxy) is 1. The van der Waals surface area contributed by atoms with Crippen molar-refractivity contribution < 1.29 is 13.9 Å². The monoisotopic (exact) mass is 299 g/mol. The van der Waals surface area contributed by atoms with Gasteiger partial charge in [-0.1, -0.05) is 18.7 Å². The first-order chi connectivity index (χ1) is 9.43. The van der Waals surface area contributed by atoms with Gasteiger partial charge in [0.1, 0.15) is 5.54 Å². The van der Waals surface area contributed by atoms with E-state index in [0.29, 0.717) is 23.6 Å². The molecule has 0 bridgehead atoms. The predicted octanol–water partition coefficient (Wildman–Crippen LogP) is 1.93. The Kier molecular flexibility index (Phi) is 4.70. The molecule has 1 saturated carbocycles. The van der Waals surface area contributed by atoms with Gasteiger partial charge in [0.15, 0.2) is 0 Å². The van der Waals surface area contributed by atoms with Crippen molar-refractivity contribution in [3.63, 3.8) is 0 Å². The molecule has 6 nitrogen and oxygen atoms in total. The Morgan fingerprint density at radius 2 is 2.30 bits per heavy atom. The van der Waals surface area contributed by atoms with Gasteiger partial charge in [0.05, 0.1) is 7.11 Å². The molecule has 0 saturated heterocycles. The van der Waals surface area contributed by atoms with Gasteiger partial charge in [0, 0.05) is 18.2 Å². The number of methoxy groups -OCH3 is 1. The SMILES string of the molecule is COC(=O)C(C)(CC(C)Sc1nnc(C)o1)NC1CC1. The molecule has 2 unspecified atom stereocenters. The lowest BCUT2D eigenvalue weighted by atomic mass is 9.96. The standard InChI is InChI=1S/C13H21N3O3S/c1-8(20-12-16-15-9(2)19-12)7-13(3,11(17)18-4)14-10-5-6-10/h8,10,14H,5-7H2,1-4H3. The number of aryl methyl sites for hydroxylation is 1. The van der Waals surface area contributed by atoms with E-state index in [1.165, 1.54) is 18.9 Å². The molecule has 1 aliphatic rings. The minimum atomic E-state index is -0.669. The summed E-state index contributed by atoms with van der Waals surface area (Å²) in [6.07, 6.45) is 2.89. The molecule has 2 atom stereocenters. The number of hydrogen-bond acceptors (Lipinski definition) is 7. The van der Waals surface area contributed by atoms with Crippen molar-refractivity contribution in [3.8, 4) is 0 Å². The first-order valence-electron chi connectivity index (χ1n) is 6.76.